The molecular formula is C13H15FO4. The lowest BCUT2D eigenvalue weighted by Gasteiger charge is -2.10. The van der Waals surface area contributed by atoms with E-state index in [-0.39, 0.29) is 13.0 Å². The van der Waals surface area contributed by atoms with Gasteiger partial charge in [-0.2, -0.15) is 0 Å². The van der Waals surface area contributed by atoms with Crippen molar-refractivity contribution >= 4 is 5.97 Å². The maximum absolute atomic E-state index is 12.9. The van der Waals surface area contributed by atoms with Crippen LogP contribution >= 0.6 is 0 Å². The minimum absolute atomic E-state index is 0.0440. The van der Waals surface area contributed by atoms with Crippen LogP contribution in [0.4, 0.5) is 4.39 Å². The summed E-state index contributed by atoms with van der Waals surface area (Å²) in [6, 6.07) is 6.95. The molecule has 4 nitrogen and oxygen atoms in total. The van der Waals surface area contributed by atoms with Crippen LogP contribution in [0.2, 0.25) is 0 Å². The fourth-order valence-corrected chi connectivity index (χ4v) is 1.75. The smallest absolute Gasteiger partial charge is 0.338 e. The Hall–Kier alpha value is -1.46. The van der Waals surface area contributed by atoms with Crippen molar-refractivity contribution in [2.24, 2.45) is 0 Å². The Morgan fingerprint density at radius 2 is 2.17 bits per heavy atom. The van der Waals surface area contributed by atoms with Crippen LogP contribution < -0.4 is 0 Å². The van der Waals surface area contributed by atoms with Crippen LogP contribution in [0.3, 0.4) is 0 Å². The second-order valence-corrected chi connectivity index (χ2v) is 4.36. The van der Waals surface area contributed by atoms with Gasteiger partial charge in [-0.15, -0.1) is 0 Å². The van der Waals surface area contributed by atoms with Gasteiger partial charge < -0.3 is 14.6 Å². The lowest BCUT2D eigenvalue weighted by Crippen LogP contribution is -2.19. The second-order valence-electron chi connectivity index (χ2n) is 4.36. The third-order valence-corrected chi connectivity index (χ3v) is 2.82. The van der Waals surface area contributed by atoms with Gasteiger partial charge in [0.05, 0.1) is 11.7 Å². The van der Waals surface area contributed by atoms with E-state index in [1.54, 1.807) is 12.1 Å². The van der Waals surface area contributed by atoms with Crippen LogP contribution in [-0.4, -0.2) is 36.2 Å². The Morgan fingerprint density at radius 1 is 1.50 bits per heavy atom. The first-order valence-electron chi connectivity index (χ1n) is 5.77. The van der Waals surface area contributed by atoms with Crippen LogP contribution in [0.25, 0.3) is 0 Å². The molecule has 0 aliphatic carbocycles. The summed E-state index contributed by atoms with van der Waals surface area (Å²) in [6.07, 6.45) is -3.35. The first-order valence-corrected chi connectivity index (χ1v) is 5.77. The molecule has 1 fully saturated rings. The van der Waals surface area contributed by atoms with Crippen molar-refractivity contribution in [1.29, 1.82) is 0 Å². The molecule has 1 heterocycles. The molecule has 1 aromatic carbocycles. The third-order valence-electron chi connectivity index (χ3n) is 2.82. The second kappa shape index (κ2) is 5.46. The van der Waals surface area contributed by atoms with Crippen LogP contribution in [0, 0.1) is 6.92 Å². The molecule has 5 heteroatoms. The van der Waals surface area contributed by atoms with Gasteiger partial charge >= 0.3 is 5.97 Å². The summed E-state index contributed by atoms with van der Waals surface area (Å²) in [7, 11) is 0. The van der Waals surface area contributed by atoms with Crippen LogP contribution in [0.1, 0.15) is 22.3 Å². The monoisotopic (exact) mass is 254 g/mol. The summed E-state index contributed by atoms with van der Waals surface area (Å²) < 4.78 is 22.8. The number of ether oxygens (including phenoxy) is 2. The maximum Gasteiger partial charge on any atom is 0.338 e. The van der Waals surface area contributed by atoms with E-state index in [1.165, 1.54) is 0 Å². The van der Waals surface area contributed by atoms with Gasteiger partial charge in [-0.1, -0.05) is 17.7 Å². The predicted molar refractivity (Wildman–Crippen MR) is 61.9 cm³/mol. The molecule has 98 valence electrons. The molecule has 1 aromatic rings. The van der Waals surface area contributed by atoms with Crippen molar-refractivity contribution in [3.63, 3.8) is 0 Å². The zero-order valence-electron chi connectivity index (χ0n) is 10.0. The van der Waals surface area contributed by atoms with E-state index in [9.17, 15) is 9.18 Å². The van der Waals surface area contributed by atoms with Gasteiger partial charge in [0.1, 0.15) is 6.61 Å². The number of benzene rings is 1. The first-order chi connectivity index (χ1) is 8.56. The van der Waals surface area contributed by atoms with Gasteiger partial charge in [-0.25, -0.2) is 9.18 Å². The number of alkyl halides is 1. The van der Waals surface area contributed by atoms with Gasteiger partial charge in [0.15, 0.2) is 12.5 Å². The molecular weight excluding hydrogens is 239 g/mol. The minimum atomic E-state index is -1.41. The molecule has 0 saturated carbocycles. The number of hydrogen-bond acceptors (Lipinski definition) is 4. The Bertz CT molecular complexity index is 408. The number of rotatable bonds is 3. The fourth-order valence-electron chi connectivity index (χ4n) is 1.75. The molecule has 2 rings (SSSR count). The molecule has 0 radical (unpaired) electrons. The molecule has 1 aliphatic heterocycles. The number of hydrogen-bond donors (Lipinski definition) is 1. The van der Waals surface area contributed by atoms with Crippen molar-refractivity contribution in [2.75, 3.05) is 6.61 Å². The van der Waals surface area contributed by atoms with Crippen LogP contribution in [0.5, 0.6) is 0 Å². The highest BCUT2D eigenvalue weighted by atomic mass is 19.1. The predicted octanol–water partition coefficient (Wildman–Crippen LogP) is 1.60. The van der Waals surface area contributed by atoms with Gasteiger partial charge in [0.2, 0.25) is 0 Å². The summed E-state index contributed by atoms with van der Waals surface area (Å²) in [5, 5.41) is 9.04. The summed E-state index contributed by atoms with van der Waals surface area (Å²) in [5.74, 6) is -0.476. The molecule has 1 aliphatic rings. The zero-order chi connectivity index (χ0) is 13.1. The number of carbonyl (C=O) groups is 1. The van der Waals surface area contributed by atoms with E-state index < -0.39 is 24.5 Å². The Kier molecular flexibility index (Phi) is 3.93. The first kappa shape index (κ1) is 13.0. The van der Waals surface area contributed by atoms with Crippen molar-refractivity contribution in [3.8, 4) is 0 Å². The Balaban J connectivity index is 1.84. The molecule has 3 atom stereocenters. The van der Waals surface area contributed by atoms with Gasteiger partial charge in [0.25, 0.3) is 0 Å². The van der Waals surface area contributed by atoms with Gasteiger partial charge in [-0.3, -0.25) is 0 Å². The normalized spacial score (nSPS) is 27.2. The zero-order valence-corrected chi connectivity index (χ0v) is 10.0. The van der Waals surface area contributed by atoms with E-state index in [2.05, 4.69) is 0 Å². The SMILES string of the molecule is Cc1ccc(C(=O)OCC2CC(F)C(O)O2)cc1. The number of halogens is 1. The van der Waals surface area contributed by atoms with E-state index in [0.717, 1.165) is 5.56 Å². The van der Waals surface area contributed by atoms with Crippen molar-refractivity contribution in [1.82, 2.24) is 0 Å². The van der Waals surface area contributed by atoms with E-state index in [4.69, 9.17) is 14.6 Å². The summed E-state index contributed by atoms with van der Waals surface area (Å²) >= 11 is 0. The van der Waals surface area contributed by atoms with E-state index in [0.29, 0.717) is 5.56 Å². The number of aliphatic hydroxyl groups excluding tert-OH is 1. The molecule has 0 amide bonds. The summed E-state index contributed by atoms with van der Waals surface area (Å²) in [5.41, 5.74) is 1.49. The van der Waals surface area contributed by atoms with E-state index >= 15 is 0 Å². The molecule has 3 unspecified atom stereocenters. The lowest BCUT2D eigenvalue weighted by atomic mass is 10.1. The quantitative estimate of drug-likeness (QED) is 0.832. The average molecular weight is 254 g/mol. The molecule has 0 bridgehead atoms. The molecule has 1 saturated heterocycles. The number of aliphatic hydroxyl groups is 1. The average Bonchev–Trinajstić information content (AvgIpc) is 2.67. The van der Waals surface area contributed by atoms with Gasteiger partial charge in [-0.05, 0) is 19.1 Å². The van der Waals surface area contributed by atoms with Gasteiger partial charge in [0, 0.05) is 6.42 Å². The number of carbonyl (C=O) groups excluding carboxylic acids is 1. The van der Waals surface area contributed by atoms with Crippen molar-refractivity contribution in [3.05, 3.63) is 35.4 Å². The largest absolute Gasteiger partial charge is 0.459 e. The molecule has 18 heavy (non-hydrogen) atoms. The van der Waals surface area contributed by atoms with Crippen molar-refractivity contribution < 1.29 is 23.8 Å². The number of esters is 1. The highest BCUT2D eigenvalue weighted by Gasteiger charge is 2.34. The molecule has 0 spiro atoms. The van der Waals surface area contributed by atoms with Crippen LogP contribution in [0.15, 0.2) is 24.3 Å². The fraction of sp³-hybridized carbons (Fsp3) is 0.462. The van der Waals surface area contributed by atoms with Crippen LogP contribution in [-0.2, 0) is 9.47 Å². The highest BCUT2D eigenvalue weighted by Crippen LogP contribution is 2.21. The van der Waals surface area contributed by atoms with Crippen molar-refractivity contribution in [2.45, 2.75) is 31.9 Å². The lowest BCUT2D eigenvalue weighted by molar-refractivity contribution is -0.121. The summed E-state index contributed by atoms with van der Waals surface area (Å²) in [4.78, 5) is 11.6. The Morgan fingerprint density at radius 3 is 2.72 bits per heavy atom. The topological polar surface area (TPSA) is 55.8 Å². The van der Waals surface area contributed by atoms with E-state index in [1.807, 2.05) is 19.1 Å². The highest BCUT2D eigenvalue weighted by molar-refractivity contribution is 5.89. The minimum Gasteiger partial charge on any atom is -0.459 e. The Labute approximate surface area is 104 Å². The summed E-state index contributed by atoms with van der Waals surface area (Å²) in [6.45, 7) is 1.87. The standard InChI is InChI=1S/C13H15FO4/c1-8-2-4-9(5-3-8)12(15)17-7-10-6-11(14)13(16)18-10/h2-5,10-11,13,16H,6-7H2,1H3. The third kappa shape index (κ3) is 3.05. The molecule has 0 aromatic heterocycles. The maximum atomic E-state index is 12.9. The number of aryl methyl sites for hydroxylation is 1. The molecule has 1 N–H and O–H groups in total.